The summed E-state index contributed by atoms with van der Waals surface area (Å²) in [6, 6.07) is 9.62. The van der Waals surface area contributed by atoms with Crippen LogP contribution < -0.4 is 9.64 Å². The molecule has 0 heterocycles. The van der Waals surface area contributed by atoms with Crippen LogP contribution in [0.15, 0.2) is 42.5 Å². The van der Waals surface area contributed by atoms with E-state index in [-0.39, 0.29) is 5.56 Å². The van der Waals surface area contributed by atoms with E-state index in [9.17, 15) is 13.6 Å². The van der Waals surface area contributed by atoms with Crippen LogP contribution in [0.1, 0.15) is 10.4 Å². The average Bonchev–Trinajstić information content (AvgIpc) is 2.46. The fourth-order valence-electron chi connectivity index (χ4n) is 1.77. The zero-order valence-electron chi connectivity index (χ0n) is 11.1. The summed E-state index contributed by atoms with van der Waals surface area (Å²) >= 11 is 0. The number of carbonyl (C=O) groups is 1. The Hall–Kier alpha value is -2.43. The van der Waals surface area contributed by atoms with Gasteiger partial charge < -0.3 is 9.64 Å². The predicted molar refractivity (Wildman–Crippen MR) is 72.1 cm³/mol. The molecule has 0 aliphatic rings. The molecule has 2 aromatic rings. The van der Waals surface area contributed by atoms with Crippen molar-refractivity contribution in [3.05, 3.63) is 59.7 Å². The van der Waals surface area contributed by atoms with Crippen LogP contribution in [0.4, 0.5) is 14.5 Å². The minimum absolute atomic E-state index is 0.176. The molecule has 0 radical (unpaired) electrons. The van der Waals surface area contributed by atoms with E-state index in [2.05, 4.69) is 0 Å². The first-order chi connectivity index (χ1) is 9.52. The van der Waals surface area contributed by atoms with Crippen molar-refractivity contribution in [3.63, 3.8) is 0 Å². The van der Waals surface area contributed by atoms with Gasteiger partial charge in [-0.2, -0.15) is 0 Å². The van der Waals surface area contributed by atoms with Crippen molar-refractivity contribution in [2.24, 2.45) is 0 Å². The number of amides is 1. The summed E-state index contributed by atoms with van der Waals surface area (Å²) in [5, 5.41) is 0. The monoisotopic (exact) mass is 277 g/mol. The lowest BCUT2D eigenvalue weighted by atomic mass is 10.1. The summed E-state index contributed by atoms with van der Waals surface area (Å²) in [5.41, 5.74) is 0.407. The zero-order valence-corrected chi connectivity index (χ0v) is 11.1. The van der Waals surface area contributed by atoms with Crippen LogP contribution in [0.2, 0.25) is 0 Å². The predicted octanol–water partition coefficient (Wildman–Crippen LogP) is 3.25. The molecule has 0 unspecified atom stereocenters. The van der Waals surface area contributed by atoms with E-state index in [1.54, 1.807) is 24.3 Å². The van der Waals surface area contributed by atoms with Gasteiger partial charge in [0.05, 0.1) is 12.7 Å². The standard InChI is InChI=1S/C15H13F2NO2/c1-18(11-4-6-12(20-2)7-5-11)15(19)13-8-3-10(16)9-14(13)17/h3-9H,1-2H3. The average molecular weight is 277 g/mol. The van der Waals surface area contributed by atoms with Crippen molar-refractivity contribution in [2.75, 3.05) is 19.1 Å². The molecule has 2 rings (SSSR count). The summed E-state index contributed by atoms with van der Waals surface area (Å²) in [4.78, 5) is 13.5. The quantitative estimate of drug-likeness (QED) is 0.862. The molecule has 0 saturated heterocycles. The number of methoxy groups -OCH3 is 1. The van der Waals surface area contributed by atoms with Crippen molar-refractivity contribution in [2.45, 2.75) is 0 Å². The second-order valence-corrected chi connectivity index (χ2v) is 4.19. The van der Waals surface area contributed by atoms with Crippen molar-refractivity contribution in [1.82, 2.24) is 0 Å². The Balaban J connectivity index is 2.27. The van der Waals surface area contributed by atoms with Crippen molar-refractivity contribution in [3.8, 4) is 5.75 Å². The van der Waals surface area contributed by atoms with Gasteiger partial charge in [0.15, 0.2) is 0 Å². The molecule has 1 amide bonds. The molecule has 0 spiro atoms. The first-order valence-electron chi connectivity index (χ1n) is 5.90. The highest BCUT2D eigenvalue weighted by atomic mass is 19.1. The number of halogens is 2. The number of ether oxygens (including phenoxy) is 1. The number of carbonyl (C=O) groups excluding carboxylic acids is 1. The van der Waals surface area contributed by atoms with E-state index in [4.69, 9.17) is 4.74 Å². The van der Waals surface area contributed by atoms with E-state index < -0.39 is 17.5 Å². The van der Waals surface area contributed by atoms with Gasteiger partial charge in [0.2, 0.25) is 0 Å². The fourth-order valence-corrected chi connectivity index (χ4v) is 1.77. The van der Waals surface area contributed by atoms with Gasteiger partial charge in [0, 0.05) is 18.8 Å². The number of hydrogen-bond donors (Lipinski definition) is 0. The van der Waals surface area contributed by atoms with Crippen LogP contribution >= 0.6 is 0 Å². The lowest BCUT2D eigenvalue weighted by Crippen LogP contribution is -2.27. The van der Waals surface area contributed by atoms with Crippen LogP contribution in [-0.2, 0) is 0 Å². The van der Waals surface area contributed by atoms with Gasteiger partial charge >= 0.3 is 0 Å². The molecule has 104 valence electrons. The van der Waals surface area contributed by atoms with Crippen molar-refractivity contribution >= 4 is 11.6 Å². The highest BCUT2D eigenvalue weighted by molar-refractivity contribution is 6.05. The third kappa shape index (κ3) is 2.77. The van der Waals surface area contributed by atoms with E-state index in [1.165, 1.54) is 19.1 Å². The molecule has 5 heteroatoms. The van der Waals surface area contributed by atoms with Gasteiger partial charge in [0.1, 0.15) is 17.4 Å². The number of hydrogen-bond acceptors (Lipinski definition) is 2. The van der Waals surface area contributed by atoms with E-state index in [0.29, 0.717) is 17.5 Å². The molecule has 0 saturated carbocycles. The van der Waals surface area contributed by atoms with Crippen molar-refractivity contribution < 1.29 is 18.3 Å². The summed E-state index contributed by atoms with van der Waals surface area (Å²) < 4.78 is 31.4. The Kier molecular flexibility index (Phi) is 3.98. The minimum atomic E-state index is -0.879. The molecule has 3 nitrogen and oxygen atoms in total. The molecule has 0 N–H and O–H groups in total. The number of rotatable bonds is 3. The molecule has 0 bridgehead atoms. The molecule has 0 aliphatic carbocycles. The first kappa shape index (κ1) is 14.0. The SMILES string of the molecule is COc1ccc(N(C)C(=O)c2ccc(F)cc2F)cc1. The van der Waals surface area contributed by atoms with Gasteiger partial charge in [0.25, 0.3) is 5.91 Å². The second kappa shape index (κ2) is 5.69. The lowest BCUT2D eigenvalue weighted by molar-refractivity contribution is 0.0989. The van der Waals surface area contributed by atoms with Crippen LogP contribution in [0.5, 0.6) is 5.75 Å². The third-order valence-corrected chi connectivity index (χ3v) is 2.93. The minimum Gasteiger partial charge on any atom is -0.497 e. The Morgan fingerprint density at radius 1 is 1.10 bits per heavy atom. The molecular formula is C15H13F2NO2. The van der Waals surface area contributed by atoms with Gasteiger partial charge in [-0.3, -0.25) is 4.79 Å². The molecule has 20 heavy (non-hydrogen) atoms. The smallest absolute Gasteiger partial charge is 0.260 e. The third-order valence-electron chi connectivity index (χ3n) is 2.93. The molecular weight excluding hydrogens is 264 g/mol. The van der Waals surface area contributed by atoms with Gasteiger partial charge in [-0.05, 0) is 36.4 Å². The number of nitrogens with zero attached hydrogens (tertiary/aromatic N) is 1. The summed E-state index contributed by atoms with van der Waals surface area (Å²) in [6.07, 6.45) is 0. The maximum absolute atomic E-state index is 13.6. The highest BCUT2D eigenvalue weighted by Gasteiger charge is 2.17. The van der Waals surface area contributed by atoms with Crippen LogP contribution in [0.3, 0.4) is 0 Å². The maximum Gasteiger partial charge on any atom is 0.260 e. The van der Waals surface area contributed by atoms with Crippen LogP contribution in [0.25, 0.3) is 0 Å². The molecule has 2 aromatic carbocycles. The molecule has 0 aromatic heterocycles. The van der Waals surface area contributed by atoms with Crippen molar-refractivity contribution in [1.29, 1.82) is 0 Å². The zero-order chi connectivity index (χ0) is 14.7. The maximum atomic E-state index is 13.6. The van der Waals surface area contributed by atoms with Gasteiger partial charge in [-0.15, -0.1) is 0 Å². The topological polar surface area (TPSA) is 29.5 Å². The second-order valence-electron chi connectivity index (χ2n) is 4.19. The summed E-state index contributed by atoms with van der Waals surface area (Å²) in [6.45, 7) is 0. The Labute approximate surface area is 115 Å². The summed E-state index contributed by atoms with van der Waals surface area (Å²) in [5.74, 6) is -1.49. The molecule has 0 atom stereocenters. The summed E-state index contributed by atoms with van der Waals surface area (Å²) in [7, 11) is 3.06. The number of benzene rings is 2. The Bertz CT molecular complexity index is 626. The first-order valence-corrected chi connectivity index (χ1v) is 5.90. The van der Waals surface area contributed by atoms with Crippen LogP contribution in [-0.4, -0.2) is 20.1 Å². The van der Waals surface area contributed by atoms with Gasteiger partial charge in [-0.25, -0.2) is 8.78 Å². The largest absolute Gasteiger partial charge is 0.497 e. The normalized spacial score (nSPS) is 10.2. The molecule has 0 aliphatic heterocycles. The Morgan fingerprint density at radius 2 is 1.75 bits per heavy atom. The number of anilines is 1. The fraction of sp³-hybridized carbons (Fsp3) is 0.133. The Morgan fingerprint density at radius 3 is 2.30 bits per heavy atom. The molecule has 0 fully saturated rings. The van der Waals surface area contributed by atoms with E-state index in [0.717, 1.165) is 12.1 Å². The van der Waals surface area contributed by atoms with E-state index >= 15 is 0 Å². The highest BCUT2D eigenvalue weighted by Crippen LogP contribution is 2.21. The van der Waals surface area contributed by atoms with E-state index in [1.807, 2.05) is 0 Å². The lowest BCUT2D eigenvalue weighted by Gasteiger charge is -2.18. The van der Waals surface area contributed by atoms with Gasteiger partial charge in [-0.1, -0.05) is 0 Å². The van der Waals surface area contributed by atoms with Crippen LogP contribution in [0, 0.1) is 11.6 Å².